The van der Waals surface area contributed by atoms with Crippen LogP contribution in [0.15, 0.2) is 77.9 Å². The molecule has 0 unspecified atom stereocenters. The first-order chi connectivity index (χ1) is 12.3. The van der Waals surface area contributed by atoms with E-state index in [1.165, 1.54) is 12.8 Å². The van der Waals surface area contributed by atoms with Gasteiger partial charge in [0.1, 0.15) is 0 Å². The molecule has 25 heavy (non-hydrogen) atoms. The van der Waals surface area contributed by atoms with E-state index in [1.807, 2.05) is 72.8 Å². The maximum absolute atomic E-state index is 12.5. The molecule has 4 nitrogen and oxygen atoms in total. The van der Waals surface area contributed by atoms with E-state index in [9.17, 15) is 4.79 Å². The Labute approximate surface area is 148 Å². The van der Waals surface area contributed by atoms with E-state index in [-0.39, 0.29) is 11.9 Å². The number of hydrogen-bond acceptors (Lipinski definition) is 3. The molecule has 3 rings (SSSR count). The van der Waals surface area contributed by atoms with Gasteiger partial charge in [-0.3, -0.25) is 9.80 Å². The summed E-state index contributed by atoms with van der Waals surface area (Å²) in [6, 6.07) is 19.0. The Morgan fingerprint density at radius 2 is 1.64 bits per heavy atom. The van der Waals surface area contributed by atoms with Crippen molar-refractivity contribution < 1.29 is 4.79 Å². The lowest BCUT2D eigenvalue weighted by molar-refractivity contribution is 0.0944. The predicted molar refractivity (Wildman–Crippen MR) is 102 cm³/mol. The molecule has 0 radical (unpaired) electrons. The molecular weight excluding hydrogens is 310 g/mol. The highest BCUT2D eigenvalue weighted by Crippen LogP contribution is 2.15. The highest BCUT2D eigenvalue weighted by Gasteiger charge is 2.12. The van der Waals surface area contributed by atoms with Crippen LogP contribution in [0.4, 0.5) is 0 Å². The molecule has 0 saturated carbocycles. The average Bonchev–Trinajstić information content (AvgIpc) is 3.19. The van der Waals surface area contributed by atoms with Gasteiger partial charge in [-0.1, -0.05) is 54.6 Å². The molecule has 1 fully saturated rings. The van der Waals surface area contributed by atoms with Crippen LogP contribution >= 0.6 is 0 Å². The lowest BCUT2D eigenvalue weighted by atomic mass is 10.1. The van der Waals surface area contributed by atoms with Crippen molar-refractivity contribution in [1.82, 2.24) is 10.3 Å². The van der Waals surface area contributed by atoms with Gasteiger partial charge in [0.25, 0.3) is 5.91 Å². The second-order valence-corrected chi connectivity index (χ2v) is 6.04. The van der Waals surface area contributed by atoms with Crippen LogP contribution in [0.25, 0.3) is 0 Å². The number of rotatable bonds is 6. The monoisotopic (exact) mass is 333 g/mol. The quantitative estimate of drug-likeness (QED) is 0.817. The maximum Gasteiger partial charge on any atom is 0.252 e. The van der Waals surface area contributed by atoms with Crippen molar-refractivity contribution in [2.24, 2.45) is 5.10 Å². The molecule has 1 N–H and O–H groups in total. The maximum atomic E-state index is 12.5. The number of amides is 1. The summed E-state index contributed by atoms with van der Waals surface area (Å²) >= 11 is 0. The largest absolute Gasteiger partial charge is 0.342 e. The first-order valence-corrected chi connectivity index (χ1v) is 8.69. The summed E-state index contributed by atoms with van der Waals surface area (Å²) in [6.45, 7) is 2.05. The number of nitrogens with zero attached hydrogens (tertiary/aromatic N) is 2. The third kappa shape index (κ3) is 5.05. The van der Waals surface area contributed by atoms with E-state index in [4.69, 9.17) is 0 Å². The van der Waals surface area contributed by atoms with Gasteiger partial charge < -0.3 is 5.32 Å². The summed E-state index contributed by atoms with van der Waals surface area (Å²) < 4.78 is 0. The summed E-state index contributed by atoms with van der Waals surface area (Å²) in [4.78, 5) is 12.5. The fourth-order valence-corrected chi connectivity index (χ4v) is 2.83. The second-order valence-electron chi connectivity index (χ2n) is 6.04. The molecule has 128 valence electrons. The number of carbonyl (C=O) groups excluding carboxylic acids is 1. The molecule has 0 aliphatic carbocycles. The highest BCUT2D eigenvalue weighted by atomic mass is 16.1. The minimum absolute atomic E-state index is 0.0874. The zero-order chi connectivity index (χ0) is 17.3. The van der Waals surface area contributed by atoms with Gasteiger partial charge in [-0.25, -0.2) is 0 Å². The molecule has 1 atom stereocenters. The summed E-state index contributed by atoms with van der Waals surface area (Å²) in [5.41, 5.74) is 1.69. The van der Waals surface area contributed by atoms with Gasteiger partial charge in [0.05, 0.1) is 6.04 Å². The molecule has 2 aromatic carbocycles. The SMILES string of the molecule is O=C(N[C@H](/C=C/C=N/N1CCCC1)c1ccccc1)c1ccccc1. The number of hydrazone groups is 1. The van der Waals surface area contributed by atoms with Crippen LogP contribution < -0.4 is 5.32 Å². The number of nitrogens with one attached hydrogen (secondary N) is 1. The van der Waals surface area contributed by atoms with Gasteiger partial charge in [-0.15, -0.1) is 0 Å². The van der Waals surface area contributed by atoms with Crippen molar-refractivity contribution in [3.8, 4) is 0 Å². The van der Waals surface area contributed by atoms with Gasteiger partial charge in [0.15, 0.2) is 0 Å². The van der Waals surface area contributed by atoms with E-state index < -0.39 is 0 Å². The van der Waals surface area contributed by atoms with Crippen LogP contribution in [-0.2, 0) is 0 Å². The molecule has 0 aromatic heterocycles. The summed E-state index contributed by atoms with van der Waals surface area (Å²) in [6.07, 6.45) is 8.09. The standard InChI is InChI=1S/C21H23N3O/c25-21(19-12-5-2-6-13-19)23-20(18-10-3-1-4-11-18)14-9-15-22-24-16-7-8-17-24/h1-6,9-15,20H,7-8,16-17H2,(H,23,25)/b14-9+,22-15+/t20-/m1/s1. The van der Waals surface area contributed by atoms with Crippen molar-refractivity contribution in [3.63, 3.8) is 0 Å². The lowest BCUT2D eigenvalue weighted by Crippen LogP contribution is -2.27. The van der Waals surface area contributed by atoms with E-state index in [0.29, 0.717) is 5.56 Å². The summed E-state index contributed by atoms with van der Waals surface area (Å²) in [5, 5.41) is 9.59. The van der Waals surface area contributed by atoms with E-state index in [2.05, 4.69) is 15.4 Å². The van der Waals surface area contributed by atoms with Crippen molar-refractivity contribution in [2.45, 2.75) is 18.9 Å². The molecule has 1 aliphatic heterocycles. The summed E-state index contributed by atoms with van der Waals surface area (Å²) in [5.74, 6) is -0.0874. The Morgan fingerprint density at radius 3 is 2.32 bits per heavy atom. The van der Waals surface area contributed by atoms with Gasteiger partial charge >= 0.3 is 0 Å². The van der Waals surface area contributed by atoms with Crippen molar-refractivity contribution in [1.29, 1.82) is 0 Å². The highest BCUT2D eigenvalue weighted by molar-refractivity contribution is 5.94. The Bertz CT molecular complexity index is 719. The third-order valence-corrected chi connectivity index (χ3v) is 4.18. The molecule has 1 aliphatic rings. The minimum Gasteiger partial charge on any atom is -0.342 e. The normalized spacial score (nSPS) is 15.8. The molecule has 2 aromatic rings. The van der Waals surface area contributed by atoms with Crippen molar-refractivity contribution in [2.75, 3.05) is 13.1 Å². The van der Waals surface area contributed by atoms with Crippen LogP contribution in [0, 0.1) is 0 Å². The Balaban J connectivity index is 1.70. The number of benzene rings is 2. The van der Waals surface area contributed by atoms with Gasteiger partial charge in [-0.2, -0.15) is 5.10 Å². The Morgan fingerprint density at radius 1 is 1.00 bits per heavy atom. The van der Waals surface area contributed by atoms with Crippen LogP contribution in [-0.4, -0.2) is 30.2 Å². The molecular formula is C21H23N3O. The van der Waals surface area contributed by atoms with Crippen LogP contribution in [0.2, 0.25) is 0 Å². The number of allylic oxidation sites excluding steroid dienone is 1. The average molecular weight is 333 g/mol. The smallest absolute Gasteiger partial charge is 0.252 e. The van der Waals surface area contributed by atoms with Crippen LogP contribution in [0.1, 0.15) is 34.8 Å². The van der Waals surface area contributed by atoms with Gasteiger partial charge in [-0.05, 0) is 36.6 Å². The van der Waals surface area contributed by atoms with E-state index >= 15 is 0 Å². The van der Waals surface area contributed by atoms with Crippen molar-refractivity contribution in [3.05, 3.63) is 83.9 Å². The molecule has 4 heteroatoms. The molecule has 1 saturated heterocycles. The first kappa shape index (κ1) is 17.0. The minimum atomic E-state index is -0.195. The number of hydrogen-bond donors (Lipinski definition) is 1. The van der Waals surface area contributed by atoms with E-state index in [0.717, 1.165) is 18.7 Å². The number of carbonyl (C=O) groups is 1. The topological polar surface area (TPSA) is 44.7 Å². The Hall–Kier alpha value is -2.88. The second kappa shape index (κ2) is 8.83. The van der Waals surface area contributed by atoms with Crippen LogP contribution in [0.3, 0.4) is 0 Å². The van der Waals surface area contributed by atoms with E-state index in [1.54, 1.807) is 6.21 Å². The molecule has 0 spiro atoms. The molecule has 1 heterocycles. The molecule has 1 amide bonds. The fourth-order valence-electron chi connectivity index (χ4n) is 2.83. The first-order valence-electron chi connectivity index (χ1n) is 8.69. The zero-order valence-corrected chi connectivity index (χ0v) is 14.2. The predicted octanol–water partition coefficient (Wildman–Crippen LogP) is 3.80. The summed E-state index contributed by atoms with van der Waals surface area (Å²) in [7, 11) is 0. The van der Waals surface area contributed by atoms with Gasteiger partial charge in [0.2, 0.25) is 0 Å². The lowest BCUT2D eigenvalue weighted by Gasteiger charge is -2.15. The van der Waals surface area contributed by atoms with Crippen molar-refractivity contribution >= 4 is 12.1 Å². The Kier molecular flexibility index (Phi) is 5.99. The fraction of sp³-hybridized carbons (Fsp3) is 0.238. The zero-order valence-electron chi connectivity index (χ0n) is 14.2. The van der Waals surface area contributed by atoms with Gasteiger partial charge in [0, 0.05) is 24.9 Å². The third-order valence-electron chi connectivity index (χ3n) is 4.18. The van der Waals surface area contributed by atoms with Crippen LogP contribution in [0.5, 0.6) is 0 Å². The molecule has 0 bridgehead atoms.